The highest BCUT2D eigenvalue weighted by Crippen LogP contribution is 2.64. The molecule has 2 aliphatic carbocycles. The molecule has 5 nitrogen and oxygen atoms in total. The highest BCUT2D eigenvalue weighted by Gasteiger charge is 2.62. The Morgan fingerprint density at radius 3 is 2.19 bits per heavy atom. The SMILES string of the molecule is CN(C)C(=O)C12CCCC1C2.Cl.NC(=O)O. The summed E-state index contributed by atoms with van der Waals surface area (Å²) in [5, 5.41) is 7.19. The number of hydrogen-bond acceptors (Lipinski definition) is 2. The van der Waals surface area contributed by atoms with E-state index in [-0.39, 0.29) is 17.8 Å². The lowest BCUT2D eigenvalue weighted by molar-refractivity contribution is -0.134. The molecule has 2 atom stereocenters. The molecule has 0 aromatic carbocycles. The summed E-state index contributed by atoms with van der Waals surface area (Å²) < 4.78 is 0. The molecule has 0 heterocycles. The van der Waals surface area contributed by atoms with Crippen molar-refractivity contribution in [3.8, 4) is 0 Å². The maximum atomic E-state index is 11.6. The summed E-state index contributed by atoms with van der Waals surface area (Å²) in [6.07, 6.45) is 3.54. The third-order valence-electron chi connectivity index (χ3n) is 3.24. The van der Waals surface area contributed by atoms with Gasteiger partial charge < -0.3 is 15.7 Å². The van der Waals surface area contributed by atoms with Crippen LogP contribution in [0.15, 0.2) is 0 Å². The normalized spacial score (nSPS) is 29.0. The summed E-state index contributed by atoms with van der Waals surface area (Å²) in [6.45, 7) is 0. The van der Waals surface area contributed by atoms with Crippen LogP contribution in [0.25, 0.3) is 0 Å². The average molecular weight is 251 g/mol. The van der Waals surface area contributed by atoms with Crippen LogP contribution in [0, 0.1) is 11.3 Å². The highest BCUT2D eigenvalue weighted by atomic mass is 35.5. The van der Waals surface area contributed by atoms with E-state index in [9.17, 15) is 4.79 Å². The Kier molecular flexibility index (Phi) is 5.06. The van der Waals surface area contributed by atoms with Gasteiger partial charge >= 0.3 is 6.09 Å². The molecule has 2 rings (SSSR count). The molecule has 16 heavy (non-hydrogen) atoms. The fourth-order valence-corrected chi connectivity index (χ4v) is 2.54. The molecule has 0 aromatic rings. The van der Waals surface area contributed by atoms with Crippen LogP contribution in [0.5, 0.6) is 0 Å². The Labute approximate surface area is 101 Å². The molecule has 2 saturated carbocycles. The van der Waals surface area contributed by atoms with Gasteiger partial charge in [0.05, 0.1) is 5.41 Å². The van der Waals surface area contributed by atoms with Crippen LogP contribution in [-0.2, 0) is 4.79 Å². The molecule has 0 aliphatic heterocycles. The first-order valence-electron chi connectivity index (χ1n) is 5.10. The quantitative estimate of drug-likeness (QED) is 0.736. The van der Waals surface area contributed by atoms with Gasteiger partial charge in [0.1, 0.15) is 0 Å². The van der Waals surface area contributed by atoms with Crippen molar-refractivity contribution in [2.45, 2.75) is 25.7 Å². The second-order valence-corrected chi connectivity index (χ2v) is 4.49. The number of nitrogens with zero attached hydrogens (tertiary/aromatic N) is 1. The number of primary amides is 1. The van der Waals surface area contributed by atoms with Gasteiger partial charge in [-0.05, 0) is 25.2 Å². The van der Waals surface area contributed by atoms with E-state index in [0.29, 0.717) is 5.91 Å². The van der Waals surface area contributed by atoms with Gasteiger partial charge in [-0.15, -0.1) is 12.4 Å². The van der Waals surface area contributed by atoms with Crippen molar-refractivity contribution in [1.29, 1.82) is 0 Å². The van der Waals surface area contributed by atoms with Crippen LogP contribution < -0.4 is 5.73 Å². The van der Waals surface area contributed by atoms with Gasteiger partial charge in [-0.1, -0.05) is 6.42 Å². The minimum Gasteiger partial charge on any atom is -0.465 e. The Morgan fingerprint density at radius 1 is 1.44 bits per heavy atom. The molecule has 0 aromatic heterocycles. The number of carboxylic acid groups (broad SMARTS) is 1. The molecule has 2 fully saturated rings. The number of fused-ring (bicyclic) bond motifs is 1. The first-order valence-corrected chi connectivity index (χ1v) is 5.10. The molecule has 2 amide bonds. The maximum absolute atomic E-state index is 11.6. The Hall–Kier alpha value is -0.970. The third kappa shape index (κ3) is 3.01. The van der Waals surface area contributed by atoms with E-state index in [4.69, 9.17) is 9.90 Å². The van der Waals surface area contributed by atoms with Gasteiger partial charge in [-0.2, -0.15) is 0 Å². The fourth-order valence-electron chi connectivity index (χ4n) is 2.54. The van der Waals surface area contributed by atoms with Gasteiger partial charge in [0, 0.05) is 14.1 Å². The molecule has 0 saturated heterocycles. The number of hydrogen-bond donors (Lipinski definition) is 2. The summed E-state index contributed by atoms with van der Waals surface area (Å²) in [7, 11) is 3.73. The monoisotopic (exact) mass is 250 g/mol. The van der Waals surface area contributed by atoms with E-state index in [2.05, 4.69) is 5.73 Å². The van der Waals surface area contributed by atoms with Gasteiger partial charge in [0.25, 0.3) is 0 Å². The number of halogens is 1. The molecule has 0 spiro atoms. The van der Waals surface area contributed by atoms with Crippen LogP contribution >= 0.6 is 12.4 Å². The van der Waals surface area contributed by atoms with Crippen LogP contribution in [0.1, 0.15) is 25.7 Å². The van der Waals surface area contributed by atoms with Gasteiger partial charge in [-0.3, -0.25) is 4.79 Å². The molecule has 2 unspecified atom stereocenters. The standard InChI is InChI=1S/C9H15NO.CH3NO2.ClH/c1-10(2)8(11)9-5-3-4-7(9)6-9;2-1(3)4;/h7H,3-6H2,1-2H3;2H2,(H,3,4);1H. The largest absolute Gasteiger partial charge is 0.465 e. The second kappa shape index (κ2) is 5.39. The fraction of sp³-hybridized carbons (Fsp3) is 0.800. The topological polar surface area (TPSA) is 83.6 Å². The summed E-state index contributed by atoms with van der Waals surface area (Å²) in [4.78, 5) is 22.2. The smallest absolute Gasteiger partial charge is 0.402 e. The van der Waals surface area contributed by atoms with E-state index < -0.39 is 6.09 Å². The molecule has 94 valence electrons. The Bertz CT molecular complexity index is 279. The van der Waals surface area contributed by atoms with Crippen LogP contribution in [-0.4, -0.2) is 36.1 Å². The van der Waals surface area contributed by atoms with Crippen LogP contribution in [0.4, 0.5) is 4.79 Å². The summed E-state index contributed by atoms with van der Waals surface area (Å²) >= 11 is 0. The number of nitrogens with two attached hydrogens (primary N) is 1. The average Bonchev–Trinajstić information content (AvgIpc) is 2.67. The minimum atomic E-state index is -1.33. The van der Waals surface area contributed by atoms with Gasteiger partial charge in [0.15, 0.2) is 0 Å². The predicted molar refractivity (Wildman–Crippen MR) is 62.5 cm³/mol. The molecule has 6 heteroatoms. The molecule has 0 radical (unpaired) electrons. The zero-order valence-electron chi connectivity index (χ0n) is 9.60. The summed E-state index contributed by atoms with van der Waals surface area (Å²) in [5.41, 5.74) is 4.16. The first-order chi connectivity index (χ1) is 6.90. The lowest BCUT2D eigenvalue weighted by atomic mass is 10.0. The van der Waals surface area contributed by atoms with E-state index in [1.807, 2.05) is 14.1 Å². The number of rotatable bonds is 1. The van der Waals surface area contributed by atoms with Gasteiger partial charge in [0.2, 0.25) is 5.91 Å². The van der Waals surface area contributed by atoms with E-state index in [0.717, 1.165) is 12.3 Å². The molecule has 3 N–H and O–H groups in total. The molecule has 0 bridgehead atoms. The molecular formula is C10H19ClN2O3. The molecular weight excluding hydrogens is 232 g/mol. The van der Waals surface area contributed by atoms with Crippen molar-refractivity contribution < 1.29 is 14.7 Å². The zero-order valence-corrected chi connectivity index (χ0v) is 10.4. The maximum Gasteiger partial charge on any atom is 0.402 e. The minimum absolute atomic E-state index is 0. The third-order valence-corrected chi connectivity index (χ3v) is 3.24. The van der Waals surface area contributed by atoms with Gasteiger partial charge in [-0.25, -0.2) is 4.79 Å². The van der Waals surface area contributed by atoms with Crippen molar-refractivity contribution in [2.24, 2.45) is 17.1 Å². The van der Waals surface area contributed by atoms with Crippen molar-refractivity contribution in [1.82, 2.24) is 4.90 Å². The van der Waals surface area contributed by atoms with Crippen molar-refractivity contribution in [3.63, 3.8) is 0 Å². The first kappa shape index (κ1) is 15.0. The lowest BCUT2D eigenvalue weighted by Gasteiger charge is -2.17. The second-order valence-electron chi connectivity index (χ2n) is 4.49. The Morgan fingerprint density at radius 2 is 1.94 bits per heavy atom. The van der Waals surface area contributed by atoms with E-state index >= 15 is 0 Å². The van der Waals surface area contributed by atoms with Crippen LogP contribution in [0.2, 0.25) is 0 Å². The number of carbonyl (C=O) groups excluding carboxylic acids is 1. The van der Waals surface area contributed by atoms with E-state index in [1.165, 1.54) is 19.3 Å². The predicted octanol–water partition coefficient (Wildman–Crippen LogP) is 1.31. The zero-order chi connectivity index (χ0) is 11.6. The van der Waals surface area contributed by atoms with E-state index in [1.54, 1.807) is 4.90 Å². The number of carbonyl (C=O) groups is 2. The Balaban J connectivity index is 0.000000397. The van der Waals surface area contributed by atoms with Crippen molar-refractivity contribution in [2.75, 3.05) is 14.1 Å². The summed E-state index contributed by atoms with van der Waals surface area (Å²) in [5.74, 6) is 1.12. The lowest BCUT2D eigenvalue weighted by Crippen LogP contribution is -2.30. The summed E-state index contributed by atoms with van der Waals surface area (Å²) in [6, 6.07) is 0. The number of amides is 2. The van der Waals surface area contributed by atoms with Crippen molar-refractivity contribution in [3.05, 3.63) is 0 Å². The highest BCUT2D eigenvalue weighted by molar-refractivity contribution is 5.86. The molecule has 2 aliphatic rings. The van der Waals surface area contributed by atoms with Crippen molar-refractivity contribution >= 4 is 24.4 Å². The van der Waals surface area contributed by atoms with Crippen LogP contribution in [0.3, 0.4) is 0 Å².